The van der Waals surface area contributed by atoms with Crippen LogP contribution in [0.1, 0.15) is 18.9 Å². The molecular formula is C14H17NO5S. The van der Waals surface area contributed by atoms with Crippen molar-refractivity contribution in [3.05, 3.63) is 29.8 Å². The molecule has 1 rings (SSSR count). The molecular weight excluding hydrogens is 294 g/mol. The summed E-state index contributed by atoms with van der Waals surface area (Å²) < 4.78 is 31.4. The van der Waals surface area contributed by atoms with Gasteiger partial charge in [-0.1, -0.05) is 24.0 Å². The van der Waals surface area contributed by atoms with E-state index in [2.05, 4.69) is 16.6 Å². The first-order valence-electron chi connectivity index (χ1n) is 6.35. The molecule has 0 bridgehead atoms. The van der Waals surface area contributed by atoms with Gasteiger partial charge >= 0.3 is 5.97 Å². The molecule has 0 heterocycles. The molecule has 1 aromatic rings. The molecule has 0 atom stereocenters. The highest BCUT2D eigenvalue weighted by atomic mass is 32.2. The number of sulfonamides is 1. The van der Waals surface area contributed by atoms with Crippen molar-refractivity contribution in [3.8, 4) is 11.8 Å². The Morgan fingerprint density at radius 2 is 2.10 bits per heavy atom. The SMILES string of the molecule is CCOC(=O)CCNS(=O)(=O)c1ccccc1C#CCO. The van der Waals surface area contributed by atoms with E-state index in [1.165, 1.54) is 6.07 Å². The molecule has 0 radical (unpaired) electrons. The second-order valence-corrected chi connectivity index (χ2v) is 5.64. The van der Waals surface area contributed by atoms with Crippen molar-refractivity contribution >= 4 is 16.0 Å². The molecule has 6 nitrogen and oxygen atoms in total. The summed E-state index contributed by atoms with van der Waals surface area (Å²) >= 11 is 0. The normalized spacial score (nSPS) is 10.6. The summed E-state index contributed by atoms with van der Waals surface area (Å²) in [6.45, 7) is 1.52. The highest BCUT2D eigenvalue weighted by Gasteiger charge is 2.17. The molecule has 0 spiro atoms. The second-order valence-electron chi connectivity index (χ2n) is 3.91. The zero-order valence-electron chi connectivity index (χ0n) is 11.6. The summed E-state index contributed by atoms with van der Waals surface area (Å²) in [5, 5.41) is 8.68. The molecule has 0 aliphatic heterocycles. The molecule has 0 aromatic heterocycles. The van der Waals surface area contributed by atoms with E-state index in [4.69, 9.17) is 9.84 Å². The number of aliphatic hydroxyl groups is 1. The van der Waals surface area contributed by atoms with Crippen LogP contribution in [0.4, 0.5) is 0 Å². The third-order valence-electron chi connectivity index (χ3n) is 2.41. The monoisotopic (exact) mass is 311 g/mol. The number of rotatable bonds is 6. The maximum atomic E-state index is 12.2. The van der Waals surface area contributed by atoms with Gasteiger partial charge in [0.1, 0.15) is 6.61 Å². The lowest BCUT2D eigenvalue weighted by Gasteiger charge is -2.08. The van der Waals surface area contributed by atoms with Gasteiger partial charge in [-0.3, -0.25) is 4.79 Å². The second kappa shape index (κ2) is 8.42. The van der Waals surface area contributed by atoms with E-state index < -0.39 is 16.0 Å². The minimum atomic E-state index is -3.77. The smallest absolute Gasteiger partial charge is 0.307 e. The van der Waals surface area contributed by atoms with Crippen LogP contribution >= 0.6 is 0 Å². The zero-order valence-corrected chi connectivity index (χ0v) is 12.4. The quantitative estimate of drug-likeness (QED) is 0.581. The molecule has 0 unspecified atom stereocenters. The van der Waals surface area contributed by atoms with Gasteiger partial charge < -0.3 is 9.84 Å². The lowest BCUT2D eigenvalue weighted by molar-refractivity contribution is -0.142. The van der Waals surface area contributed by atoms with Crippen LogP contribution in [0.5, 0.6) is 0 Å². The number of aliphatic hydroxyl groups excluding tert-OH is 1. The lowest BCUT2D eigenvalue weighted by Crippen LogP contribution is -2.27. The standard InChI is InChI=1S/C14H17NO5S/c1-2-20-14(17)9-10-15-21(18,19)13-8-4-3-6-12(13)7-5-11-16/h3-4,6,8,15-16H,2,9-11H2,1H3. The molecule has 0 aliphatic rings. The fourth-order valence-electron chi connectivity index (χ4n) is 1.54. The first-order valence-corrected chi connectivity index (χ1v) is 7.83. The van der Waals surface area contributed by atoms with Gasteiger partial charge in [0.25, 0.3) is 0 Å². The Kier molecular flexibility index (Phi) is 6.88. The van der Waals surface area contributed by atoms with Crippen molar-refractivity contribution in [2.24, 2.45) is 0 Å². The first-order chi connectivity index (χ1) is 10.0. The Morgan fingerprint density at radius 3 is 2.76 bits per heavy atom. The van der Waals surface area contributed by atoms with Crippen LogP contribution in [0, 0.1) is 11.8 Å². The molecule has 1 aromatic carbocycles. The number of ether oxygens (including phenoxy) is 1. The molecule has 2 N–H and O–H groups in total. The summed E-state index contributed by atoms with van der Waals surface area (Å²) in [7, 11) is -3.77. The number of hydrogen-bond donors (Lipinski definition) is 2. The Morgan fingerprint density at radius 1 is 1.38 bits per heavy atom. The van der Waals surface area contributed by atoms with Gasteiger partial charge in [0.2, 0.25) is 10.0 Å². The summed E-state index contributed by atoms with van der Waals surface area (Å²) in [5.41, 5.74) is 0.287. The lowest BCUT2D eigenvalue weighted by atomic mass is 10.2. The third kappa shape index (κ3) is 5.55. The maximum absolute atomic E-state index is 12.2. The van der Waals surface area contributed by atoms with Gasteiger partial charge in [-0.25, -0.2) is 13.1 Å². The van der Waals surface area contributed by atoms with Crippen LogP contribution in [0.2, 0.25) is 0 Å². The van der Waals surface area contributed by atoms with E-state index in [0.717, 1.165) is 0 Å². The molecule has 0 aliphatic carbocycles. The van der Waals surface area contributed by atoms with E-state index in [-0.39, 0.29) is 36.6 Å². The van der Waals surface area contributed by atoms with Crippen molar-refractivity contribution in [2.45, 2.75) is 18.2 Å². The third-order valence-corrected chi connectivity index (χ3v) is 3.92. The Hall–Kier alpha value is -1.88. The highest BCUT2D eigenvalue weighted by Crippen LogP contribution is 2.14. The molecule has 0 amide bonds. The van der Waals surface area contributed by atoms with Crippen LogP contribution in [0.25, 0.3) is 0 Å². The number of benzene rings is 1. The zero-order chi connectivity index (χ0) is 15.7. The van der Waals surface area contributed by atoms with Gasteiger partial charge in [-0.15, -0.1) is 0 Å². The van der Waals surface area contributed by atoms with Gasteiger partial charge in [0.15, 0.2) is 0 Å². The number of hydrogen-bond acceptors (Lipinski definition) is 5. The number of carbonyl (C=O) groups is 1. The van der Waals surface area contributed by atoms with E-state index in [0.29, 0.717) is 0 Å². The van der Waals surface area contributed by atoms with Crippen LogP contribution in [0.15, 0.2) is 29.2 Å². The van der Waals surface area contributed by atoms with Crippen LogP contribution in [0.3, 0.4) is 0 Å². The molecule has 7 heteroatoms. The summed E-state index contributed by atoms with van der Waals surface area (Å²) in [6, 6.07) is 6.18. The Bertz CT molecular complexity index is 643. The predicted molar refractivity (Wildman–Crippen MR) is 76.8 cm³/mol. The first kappa shape index (κ1) is 17.2. The summed E-state index contributed by atoms with van der Waals surface area (Å²) in [5.74, 6) is 4.52. The maximum Gasteiger partial charge on any atom is 0.307 e. The van der Waals surface area contributed by atoms with Crippen LogP contribution < -0.4 is 4.72 Å². The van der Waals surface area contributed by atoms with Crippen LogP contribution in [-0.4, -0.2) is 39.3 Å². The molecule has 21 heavy (non-hydrogen) atoms. The van der Waals surface area contributed by atoms with Crippen molar-refractivity contribution < 1.29 is 23.1 Å². The number of carbonyl (C=O) groups excluding carboxylic acids is 1. The minimum absolute atomic E-state index is 0.00908. The van der Waals surface area contributed by atoms with Gasteiger partial charge in [-0.05, 0) is 19.1 Å². The molecule has 114 valence electrons. The van der Waals surface area contributed by atoms with Gasteiger partial charge in [0, 0.05) is 12.1 Å². The predicted octanol–water partition coefficient (Wildman–Crippen LogP) is 0.262. The average Bonchev–Trinajstić information content (AvgIpc) is 2.45. The fraction of sp³-hybridized carbons (Fsp3) is 0.357. The molecule has 0 saturated carbocycles. The van der Waals surface area contributed by atoms with Gasteiger partial charge in [-0.2, -0.15) is 0 Å². The van der Waals surface area contributed by atoms with Crippen molar-refractivity contribution in [1.29, 1.82) is 0 Å². The number of esters is 1. The van der Waals surface area contributed by atoms with E-state index >= 15 is 0 Å². The summed E-state index contributed by atoms with van der Waals surface area (Å²) in [6.07, 6.45) is -0.0441. The average molecular weight is 311 g/mol. The van der Waals surface area contributed by atoms with Crippen molar-refractivity contribution in [3.63, 3.8) is 0 Å². The largest absolute Gasteiger partial charge is 0.466 e. The van der Waals surface area contributed by atoms with Crippen molar-refractivity contribution in [1.82, 2.24) is 4.72 Å². The Balaban J connectivity index is 2.81. The van der Waals surface area contributed by atoms with Gasteiger partial charge in [0.05, 0.1) is 17.9 Å². The summed E-state index contributed by atoms with van der Waals surface area (Å²) in [4.78, 5) is 11.2. The van der Waals surface area contributed by atoms with E-state index in [9.17, 15) is 13.2 Å². The minimum Gasteiger partial charge on any atom is -0.466 e. The topological polar surface area (TPSA) is 92.7 Å². The van der Waals surface area contributed by atoms with Crippen molar-refractivity contribution in [2.75, 3.05) is 19.8 Å². The molecule has 0 fully saturated rings. The number of nitrogens with one attached hydrogen (secondary N) is 1. The van der Waals surface area contributed by atoms with E-state index in [1.807, 2.05) is 0 Å². The van der Waals surface area contributed by atoms with E-state index in [1.54, 1.807) is 25.1 Å². The highest BCUT2D eigenvalue weighted by molar-refractivity contribution is 7.89. The molecule has 0 saturated heterocycles. The van der Waals surface area contributed by atoms with Crippen LogP contribution in [-0.2, 0) is 19.6 Å². The Labute approximate surface area is 124 Å². The fourth-order valence-corrected chi connectivity index (χ4v) is 2.73.